The number of aliphatic imine (C=N–C) groups is 1. The third-order valence-electron chi connectivity index (χ3n) is 5.07. The van der Waals surface area contributed by atoms with Gasteiger partial charge in [0.05, 0.1) is 17.5 Å². The predicted molar refractivity (Wildman–Crippen MR) is 115 cm³/mol. The van der Waals surface area contributed by atoms with Gasteiger partial charge in [-0.2, -0.15) is 4.99 Å². The van der Waals surface area contributed by atoms with E-state index < -0.39 is 9.84 Å². The Hall–Kier alpha value is -2.12. The van der Waals surface area contributed by atoms with Crippen LogP contribution >= 0.6 is 11.8 Å². The van der Waals surface area contributed by atoms with Crippen LogP contribution in [0.15, 0.2) is 59.6 Å². The first-order valence-corrected chi connectivity index (χ1v) is 12.0. The Morgan fingerprint density at radius 2 is 1.82 bits per heavy atom. The fourth-order valence-corrected chi connectivity index (χ4v) is 7.56. The van der Waals surface area contributed by atoms with Gasteiger partial charge < -0.3 is 4.90 Å². The summed E-state index contributed by atoms with van der Waals surface area (Å²) in [5, 5.41) is 0.541. The first-order valence-electron chi connectivity index (χ1n) is 9.30. The standard InChI is InChI=1S/C21H22N2O3S2/c1-15-7-10-17(11-8-15)23-18-13-28(25,26)14-19(18)27-21(23)22-20(24)12-9-16-5-3-2-4-6-16/h2-8,10-11,18-19H,9,12-14H2,1H3/t18-,19-/m0/s1. The van der Waals surface area contributed by atoms with Crippen LogP contribution in [0.3, 0.4) is 0 Å². The molecule has 2 saturated heterocycles. The highest BCUT2D eigenvalue weighted by Gasteiger charge is 2.49. The second-order valence-electron chi connectivity index (χ2n) is 7.28. The lowest BCUT2D eigenvalue weighted by molar-refractivity contribution is -0.117. The number of carbonyl (C=O) groups excluding carboxylic acids is 1. The van der Waals surface area contributed by atoms with Crippen molar-refractivity contribution in [3.05, 3.63) is 65.7 Å². The number of benzene rings is 2. The number of thioether (sulfide) groups is 1. The molecule has 1 amide bonds. The van der Waals surface area contributed by atoms with Gasteiger partial charge in [-0.3, -0.25) is 4.79 Å². The van der Waals surface area contributed by atoms with Crippen LogP contribution in [0.5, 0.6) is 0 Å². The van der Waals surface area contributed by atoms with Gasteiger partial charge in [0.15, 0.2) is 15.0 Å². The second-order valence-corrected chi connectivity index (χ2v) is 10.6. The number of fused-ring (bicyclic) bond motifs is 1. The smallest absolute Gasteiger partial charge is 0.248 e. The topological polar surface area (TPSA) is 66.8 Å². The molecule has 2 aliphatic heterocycles. The third-order valence-corrected chi connectivity index (χ3v) is 8.28. The zero-order valence-electron chi connectivity index (χ0n) is 15.6. The number of amidine groups is 1. The molecule has 0 bridgehead atoms. The molecule has 2 heterocycles. The highest BCUT2D eigenvalue weighted by molar-refractivity contribution is 8.16. The molecule has 0 unspecified atom stereocenters. The maximum absolute atomic E-state index is 12.5. The van der Waals surface area contributed by atoms with Crippen LogP contribution in [0.4, 0.5) is 5.69 Å². The van der Waals surface area contributed by atoms with E-state index in [1.54, 1.807) is 0 Å². The minimum absolute atomic E-state index is 0.0769. The molecule has 2 atom stereocenters. The minimum Gasteiger partial charge on any atom is -0.316 e. The van der Waals surface area contributed by atoms with E-state index in [2.05, 4.69) is 4.99 Å². The van der Waals surface area contributed by atoms with E-state index in [-0.39, 0.29) is 28.7 Å². The summed E-state index contributed by atoms with van der Waals surface area (Å²) in [4.78, 5) is 18.8. The quantitative estimate of drug-likeness (QED) is 0.768. The molecule has 0 N–H and O–H groups in total. The van der Waals surface area contributed by atoms with Crippen LogP contribution in [0.1, 0.15) is 17.5 Å². The number of anilines is 1. The van der Waals surface area contributed by atoms with Crippen molar-refractivity contribution in [3.8, 4) is 0 Å². The minimum atomic E-state index is -3.06. The monoisotopic (exact) mass is 414 g/mol. The van der Waals surface area contributed by atoms with E-state index in [0.29, 0.717) is 18.0 Å². The van der Waals surface area contributed by atoms with Crippen molar-refractivity contribution < 1.29 is 13.2 Å². The maximum Gasteiger partial charge on any atom is 0.248 e. The molecule has 0 saturated carbocycles. The molecule has 0 spiro atoms. The lowest BCUT2D eigenvalue weighted by Crippen LogP contribution is -2.37. The van der Waals surface area contributed by atoms with E-state index in [0.717, 1.165) is 16.8 Å². The number of hydrogen-bond acceptors (Lipinski definition) is 4. The van der Waals surface area contributed by atoms with E-state index in [9.17, 15) is 13.2 Å². The van der Waals surface area contributed by atoms with Crippen LogP contribution < -0.4 is 4.90 Å². The summed E-state index contributed by atoms with van der Waals surface area (Å²) < 4.78 is 24.2. The summed E-state index contributed by atoms with van der Waals surface area (Å²) in [5.74, 6) is 0.0730. The normalized spacial score (nSPS) is 24.5. The van der Waals surface area contributed by atoms with Crippen molar-refractivity contribution in [2.24, 2.45) is 4.99 Å². The van der Waals surface area contributed by atoms with Crippen LogP contribution in [0.2, 0.25) is 0 Å². The van der Waals surface area contributed by atoms with Crippen LogP contribution in [0.25, 0.3) is 0 Å². The van der Waals surface area contributed by atoms with Gasteiger partial charge in [0.25, 0.3) is 0 Å². The average Bonchev–Trinajstić information content (AvgIpc) is 3.12. The molecule has 2 aliphatic rings. The second kappa shape index (κ2) is 7.72. The Balaban J connectivity index is 1.56. The molecule has 0 radical (unpaired) electrons. The van der Waals surface area contributed by atoms with Gasteiger partial charge in [0, 0.05) is 17.4 Å². The highest BCUT2D eigenvalue weighted by atomic mass is 32.2. The summed E-state index contributed by atoms with van der Waals surface area (Å²) in [6, 6.07) is 17.6. The number of hydrogen-bond donors (Lipinski definition) is 0. The fraction of sp³-hybridized carbons (Fsp3) is 0.333. The number of nitrogens with zero attached hydrogens (tertiary/aromatic N) is 2. The molecule has 146 valence electrons. The molecule has 7 heteroatoms. The Morgan fingerprint density at radius 3 is 2.54 bits per heavy atom. The maximum atomic E-state index is 12.5. The molecule has 4 rings (SSSR count). The molecular formula is C21H22N2O3S2. The summed E-state index contributed by atoms with van der Waals surface area (Å²) >= 11 is 1.42. The van der Waals surface area contributed by atoms with Crippen molar-refractivity contribution in [1.82, 2.24) is 0 Å². The van der Waals surface area contributed by atoms with Gasteiger partial charge >= 0.3 is 0 Å². The summed E-state index contributed by atoms with van der Waals surface area (Å²) in [6.07, 6.45) is 0.982. The Labute approximate surface area is 169 Å². The lowest BCUT2D eigenvalue weighted by atomic mass is 10.1. The van der Waals surface area contributed by atoms with Crippen molar-refractivity contribution in [2.75, 3.05) is 16.4 Å². The van der Waals surface area contributed by atoms with Gasteiger partial charge in [-0.05, 0) is 31.0 Å². The SMILES string of the molecule is Cc1ccc(N2C(=NC(=O)CCc3ccccc3)S[C@H]3CS(=O)(=O)C[C@@H]32)cc1. The molecule has 2 aromatic rings. The molecule has 0 aliphatic carbocycles. The summed E-state index contributed by atoms with van der Waals surface area (Å²) in [6.45, 7) is 2.01. The zero-order chi connectivity index (χ0) is 19.7. The fourth-order valence-electron chi connectivity index (χ4n) is 3.63. The largest absolute Gasteiger partial charge is 0.316 e. The summed E-state index contributed by atoms with van der Waals surface area (Å²) in [7, 11) is -3.06. The van der Waals surface area contributed by atoms with Gasteiger partial charge in [0.2, 0.25) is 5.91 Å². The van der Waals surface area contributed by atoms with Gasteiger partial charge in [-0.1, -0.05) is 59.8 Å². The van der Waals surface area contributed by atoms with E-state index in [4.69, 9.17) is 0 Å². The van der Waals surface area contributed by atoms with Crippen molar-refractivity contribution in [1.29, 1.82) is 0 Å². The molecule has 2 aromatic carbocycles. The van der Waals surface area contributed by atoms with Crippen LogP contribution in [-0.2, 0) is 21.1 Å². The highest BCUT2D eigenvalue weighted by Crippen LogP contribution is 2.41. The van der Waals surface area contributed by atoms with E-state index in [1.807, 2.05) is 66.4 Å². The van der Waals surface area contributed by atoms with Gasteiger partial charge in [-0.25, -0.2) is 8.42 Å². The van der Waals surface area contributed by atoms with E-state index in [1.165, 1.54) is 11.8 Å². The summed E-state index contributed by atoms with van der Waals surface area (Å²) in [5.41, 5.74) is 3.12. The lowest BCUT2D eigenvalue weighted by Gasteiger charge is -2.24. The van der Waals surface area contributed by atoms with Gasteiger partial charge in [0.1, 0.15) is 0 Å². The average molecular weight is 415 g/mol. The number of rotatable bonds is 4. The number of amides is 1. The van der Waals surface area contributed by atoms with E-state index >= 15 is 0 Å². The van der Waals surface area contributed by atoms with Crippen molar-refractivity contribution in [2.45, 2.75) is 31.1 Å². The Morgan fingerprint density at radius 1 is 1.11 bits per heavy atom. The Bertz CT molecular complexity index is 1000. The van der Waals surface area contributed by atoms with Crippen molar-refractivity contribution >= 4 is 38.4 Å². The predicted octanol–water partition coefficient (Wildman–Crippen LogP) is 3.23. The first kappa shape index (κ1) is 19.2. The van der Waals surface area contributed by atoms with Crippen LogP contribution in [0, 0.1) is 6.92 Å². The third kappa shape index (κ3) is 4.15. The number of sulfone groups is 1. The molecule has 5 nitrogen and oxygen atoms in total. The van der Waals surface area contributed by atoms with Crippen molar-refractivity contribution in [3.63, 3.8) is 0 Å². The molecule has 0 aromatic heterocycles. The zero-order valence-corrected chi connectivity index (χ0v) is 17.2. The molecular weight excluding hydrogens is 392 g/mol. The van der Waals surface area contributed by atoms with Crippen LogP contribution in [-0.4, -0.2) is 42.3 Å². The number of carbonyl (C=O) groups is 1. The number of aryl methyl sites for hydroxylation is 2. The molecule has 2 fully saturated rings. The first-order chi connectivity index (χ1) is 13.4. The Kier molecular flexibility index (Phi) is 5.29. The molecule has 28 heavy (non-hydrogen) atoms. The van der Waals surface area contributed by atoms with Gasteiger partial charge in [-0.15, -0.1) is 0 Å².